The Hall–Kier alpha value is -1.97. The predicted molar refractivity (Wildman–Crippen MR) is 69.1 cm³/mol. The fraction of sp³-hybridized carbons (Fsp3) is 0.357. The van der Waals surface area contributed by atoms with Gasteiger partial charge >= 0.3 is 0 Å². The average molecular weight is 244 g/mol. The van der Waals surface area contributed by atoms with E-state index >= 15 is 0 Å². The van der Waals surface area contributed by atoms with E-state index < -0.39 is 0 Å². The summed E-state index contributed by atoms with van der Waals surface area (Å²) in [5.74, 6) is 3.28. The monoisotopic (exact) mass is 244 g/mol. The molecule has 2 aromatic rings. The molecule has 0 radical (unpaired) electrons. The van der Waals surface area contributed by atoms with Gasteiger partial charge in [0.1, 0.15) is 17.3 Å². The molecule has 94 valence electrons. The summed E-state index contributed by atoms with van der Waals surface area (Å²) in [6.07, 6.45) is 4.43. The Labute approximate surface area is 106 Å². The van der Waals surface area contributed by atoms with Gasteiger partial charge in [-0.05, 0) is 25.0 Å². The van der Waals surface area contributed by atoms with Gasteiger partial charge in [-0.3, -0.25) is 0 Å². The van der Waals surface area contributed by atoms with E-state index in [0.717, 1.165) is 28.6 Å². The Morgan fingerprint density at radius 2 is 2.06 bits per heavy atom. The minimum Gasteiger partial charge on any atom is -0.497 e. The lowest BCUT2D eigenvalue weighted by Crippen LogP contribution is -1.90. The third-order valence-corrected chi connectivity index (χ3v) is 3.25. The zero-order chi connectivity index (χ0) is 12.5. The highest BCUT2D eigenvalue weighted by molar-refractivity contribution is 5.68. The van der Waals surface area contributed by atoms with Crippen LogP contribution in [0.4, 0.5) is 0 Å². The molecule has 1 heterocycles. The predicted octanol–water partition coefficient (Wildman–Crippen LogP) is 2.97. The van der Waals surface area contributed by atoms with Crippen LogP contribution < -0.4 is 9.47 Å². The molecule has 1 saturated carbocycles. The summed E-state index contributed by atoms with van der Waals surface area (Å²) < 4.78 is 10.6. The number of hydrogen-bond acceptors (Lipinski definition) is 3. The summed E-state index contributed by atoms with van der Waals surface area (Å²) in [4.78, 5) is 7.88. The molecule has 0 amide bonds. The summed E-state index contributed by atoms with van der Waals surface area (Å²) in [6.45, 7) is 0. The number of aromatic nitrogens is 2. The van der Waals surface area contributed by atoms with Crippen molar-refractivity contribution in [2.24, 2.45) is 0 Å². The highest BCUT2D eigenvalue weighted by Gasteiger charge is 2.26. The Bertz CT molecular complexity index is 559. The van der Waals surface area contributed by atoms with Crippen molar-refractivity contribution in [2.45, 2.75) is 18.8 Å². The molecule has 0 atom stereocenters. The summed E-state index contributed by atoms with van der Waals surface area (Å²) >= 11 is 0. The second kappa shape index (κ2) is 4.37. The molecule has 0 unspecified atom stereocenters. The summed E-state index contributed by atoms with van der Waals surface area (Å²) in [6, 6.07) is 5.77. The number of benzene rings is 1. The third kappa shape index (κ3) is 1.94. The number of hydrogen-bond donors (Lipinski definition) is 1. The molecule has 1 aliphatic carbocycles. The molecule has 18 heavy (non-hydrogen) atoms. The van der Waals surface area contributed by atoms with Crippen molar-refractivity contribution in [3.63, 3.8) is 0 Å². The Morgan fingerprint density at radius 1 is 1.22 bits per heavy atom. The second-order valence-electron chi connectivity index (χ2n) is 4.51. The topological polar surface area (TPSA) is 47.1 Å². The number of nitrogens with one attached hydrogen (secondary N) is 1. The highest BCUT2D eigenvalue weighted by Crippen LogP contribution is 2.40. The van der Waals surface area contributed by atoms with Crippen LogP contribution in [0.2, 0.25) is 0 Å². The standard InChI is InChI=1S/C14H16N2O2/c1-17-10-5-6-11(13(7-10)18-2)12-8-15-14(16-12)9-3-4-9/h5-9H,3-4H2,1-2H3,(H,15,16). The van der Waals surface area contributed by atoms with E-state index in [4.69, 9.17) is 9.47 Å². The van der Waals surface area contributed by atoms with E-state index in [1.165, 1.54) is 12.8 Å². The highest BCUT2D eigenvalue weighted by atomic mass is 16.5. The molecule has 0 aliphatic heterocycles. The number of rotatable bonds is 4. The zero-order valence-electron chi connectivity index (χ0n) is 10.6. The van der Waals surface area contributed by atoms with Crippen LogP contribution in [0.25, 0.3) is 11.3 Å². The van der Waals surface area contributed by atoms with Gasteiger partial charge in [0, 0.05) is 23.7 Å². The van der Waals surface area contributed by atoms with Crippen LogP contribution in [0.5, 0.6) is 11.5 Å². The normalized spacial score (nSPS) is 14.6. The van der Waals surface area contributed by atoms with Gasteiger partial charge in [-0.25, -0.2) is 4.98 Å². The van der Waals surface area contributed by atoms with Gasteiger partial charge in [0.25, 0.3) is 0 Å². The Kier molecular flexibility index (Phi) is 2.70. The first-order chi connectivity index (χ1) is 8.81. The first-order valence-corrected chi connectivity index (χ1v) is 6.09. The maximum atomic E-state index is 5.39. The number of ether oxygens (including phenoxy) is 2. The Balaban J connectivity index is 1.98. The minimum atomic E-state index is 0.628. The van der Waals surface area contributed by atoms with Crippen molar-refractivity contribution in [1.82, 2.24) is 9.97 Å². The van der Waals surface area contributed by atoms with Gasteiger partial charge in [0.15, 0.2) is 0 Å². The van der Waals surface area contributed by atoms with Gasteiger partial charge in [-0.1, -0.05) is 0 Å². The molecule has 0 bridgehead atoms. The molecule has 4 nitrogen and oxygen atoms in total. The van der Waals surface area contributed by atoms with Crippen molar-refractivity contribution in [3.05, 3.63) is 30.2 Å². The number of nitrogens with zero attached hydrogens (tertiary/aromatic N) is 1. The van der Waals surface area contributed by atoms with Crippen LogP contribution in [0.15, 0.2) is 24.4 Å². The first-order valence-electron chi connectivity index (χ1n) is 6.09. The van der Waals surface area contributed by atoms with E-state index in [1.54, 1.807) is 14.2 Å². The fourth-order valence-electron chi connectivity index (χ4n) is 2.05. The molecule has 0 spiro atoms. The van der Waals surface area contributed by atoms with Crippen molar-refractivity contribution in [1.29, 1.82) is 0 Å². The van der Waals surface area contributed by atoms with Gasteiger partial charge in [-0.15, -0.1) is 0 Å². The lowest BCUT2D eigenvalue weighted by molar-refractivity contribution is 0.395. The van der Waals surface area contributed by atoms with Crippen molar-refractivity contribution < 1.29 is 9.47 Å². The molecule has 1 aromatic heterocycles. The van der Waals surface area contributed by atoms with E-state index in [9.17, 15) is 0 Å². The van der Waals surface area contributed by atoms with E-state index in [2.05, 4.69) is 9.97 Å². The van der Waals surface area contributed by atoms with Crippen LogP contribution in [-0.2, 0) is 0 Å². The number of aromatic amines is 1. The first kappa shape index (κ1) is 11.1. The van der Waals surface area contributed by atoms with Gasteiger partial charge in [0.2, 0.25) is 0 Å². The van der Waals surface area contributed by atoms with E-state index in [1.807, 2.05) is 24.4 Å². The molecule has 1 fully saturated rings. The molecule has 1 N–H and O–H groups in total. The quantitative estimate of drug-likeness (QED) is 0.899. The molecular formula is C14H16N2O2. The Morgan fingerprint density at radius 3 is 2.72 bits per heavy atom. The third-order valence-electron chi connectivity index (χ3n) is 3.25. The van der Waals surface area contributed by atoms with E-state index in [-0.39, 0.29) is 0 Å². The number of imidazole rings is 1. The lowest BCUT2D eigenvalue weighted by atomic mass is 10.1. The summed E-state index contributed by atoms with van der Waals surface area (Å²) in [5, 5.41) is 0. The second-order valence-corrected chi connectivity index (χ2v) is 4.51. The maximum Gasteiger partial charge on any atom is 0.132 e. The largest absolute Gasteiger partial charge is 0.497 e. The fourth-order valence-corrected chi connectivity index (χ4v) is 2.05. The van der Waals surface area contributed by atoms with Gasteiger partial charge in [-0.2, -0.15) is 0 Å². The lowest BCUT2D eigenvalue weighted by Gasteiger charge is -2.08. The molecule has 3 rings (SSSR count). The number of H-pyrrole nitrogens is 1. The molecule has 1 aromatic carbocycles. The van der Waals surface area contributed by atoms with Crippen molar-refractivity contribution in [2.75, 3.05) is 14.2 Å². The molecule has 1 aliphatic rings. The smallest absolute Gasteiger partial charge is 0.132 e. The van der Waals surface area contributed by atoms with Crippen molar-refractivity contribution in [3.8, 4) is 22.8 Å². The molecule has 4 heteroatoms. The minimum absolute atomic E-state index is 0.628. The van der Waals surface area contributed by atoms with Gasteiger partial charge < -0.3 is 14.5 Å². The average Bonchev–Trinajstić information content (AvgIpc) is 3.16. The SMILES string of the molecule is COc1ccc(-c2c[nH]c(C3CC3)n2)c(OC)c1. The van der Waals surface area contributed by atoms with Gasteiger partial charge in [0.05, 0.1) is 19.9 Å². The van der Waals surface area contributed by atoms with E-state index in [0.29, 0.717) is 5.92 Å². The summed E-state index contributed by atoms with van der Waals surface area (Å²) in [7, 11) is 3.31. The molecule has 0 saturated heterocycles. The van der Waals surface area contributed by atoms with Crippen molar-refractivity contribution >= 4 is 0 Å². The summed E-state index contributed by atoms with van der Waals surface area (Å²) in [5.41, 5.74) is 1.91. The number of methoxy groups -OCH3 is 2. The van der Waals surface area contributed by atoms with Crippen LogP contribution in [0.1, 0.15) is 24.6 Å². The zero-order valence-corrected chi connectivity index (χ0v) is 10.6. The molecular weight excluding hydrogens is 228 g/mol. The van der Waals surface area contributed by atoms with Crippen LogP contribution in [0, 0.1) is 0 Å². The van der Waals surface area contributed by atoms with Crippen LogP contribution in [-0.4, -0.2) is 24.2 Å². The van der Waals surface area contributed by atoms with Crippen LogP contribution in [0.3, 0.4) is 0 Å². The van der Waals surface area contributed by atoms with Crippen LogP contribution >= 0.6 is 0 Å². The maximum absolute atomic E-state index is 5.39.